The predicted molar refractivity (Wildman–Crippen MR) is 97.4 cm³/mol. The third-order valence-electron chi connectivity index (χ3n) is 5.38. The van der Waals surface area contributed by atoms with Crippen LogP contribution in [0, 0.1) is 0 Å². The molecule has 3 atom stereocenters. The van der Waals surface area contributed by atoms with Crippen molar-refractivity contribution < 1.29 is 34.0 Å². The molecule has 1 N–H and O–H groups in total. The van der Waals surface area contributed by atoms with Gasteiger partial charge < -0.3 is 9.64 Å². The Hall–Kier alpha value is -2.40. The number of fused-ring (bicyclic) bond motifs is 2. The van der Waals surface area contributed by atoms with Crippen LogP contribution >= 0.6 is 0 Å². The van der Waals surface area contributed by atoms with Gasteiger partial charge in [-0.25, -0.2) is 14.7 Å². The van der Waals surface area contributed by atoms with Crippen LogP contribution in [0.4, 0.5) is 9.59 Å². The Morgan fingerprint density at radius 1 is 1.10 bits per heavy atom. The van der Waals surface area contributed by atoms with Crippen molar-refractivity contribution in [3.05, 3.63) is 0 Å². The number of hydrogen-bond acceptors (Lipinski definition) is 7. The van der Waals surface area contributed by atoms with E-state index >= 15 is 0 Å². The summed E-state index contributed by atoms with van der Waals surface area (Å²) in [5.41, 5.74) is -0.713. The zero-order valence-corrected chi connectivity index (χ0v) is 17.2. The molecule has 0 saturated carbocycles. The summed E-state index contributed by atoms with van der Waals surface area (Å²) in [6.07, 6.45) is 1.10. The van der Waals surface area contributed by atoms with E-state index in [4.69, 9.17) is 9.57 Å². The van der Waals surface area contributed by atoms with E-state index in [2.05, 4.69) is 0 Å². The van der Waals surface area contributed by atoms with E-state index in [1.165, 1.54) is 16.9 Å². The highest BCUT2D eigenvalue weighted by molar-refractivity contribution is 6.01. The Kier molecular flexibility index (Phi) is 5.72. The van der Waals surface area contributed by atoms with Crippen LogP contribution in [0.1, 0.15) is 46.5 Å². The number of hydroxylamine groups is 4. The maximum Gasteiger partial charge on any atom is 0.410 e. The molecule has 0 aliphatic carbocycles. The van der Waals surface area contributed by atoms with Crippen LogP contribution < -0.4 is 0 Å². The Labute approximate surface area is 169 Å². The summed E-state index contributed by atoms with van der Waals surface area (Å²) in [7, 11) is 1.19. The summed E-state index contributed by atoms with van der Waals surface area (Å²) in [6.45, 7) is 5.75. The van der Waals surface area contributed by atoms with Gasteiger partial charge in [-0.2, -0.15) is 5.06 Å². The molecule has 162 valence electrons. The molecular formula is C18H28N4O7. The van der Waals surface area contributed by atoms with Crippen molar-refractivity contribution in [3.8, 4) is 0 Å². The lowest BCUT2D eigenvalue weighted by molar-refractivity contribution is -0.193. The minimum atomic E-state index is -0.906. The molecule has 2 bridgehead atoms. The zero-order chi connectivity index (χ0) is 21.5. The van der Waals surface area contributed by atoms with Crippen LogP contribution in [0.25, 0.3) is 0 Å². The molecule has 29 heavy (non-hydrogen) atoms. The molecule has 3 rings (SSSR count). The van der Waals surface area contributed by atoms with Crippen molar-refractivity contribution in [2.45, 2.75) is 70.2 Å². The molecule has 5 amide bonds. The highest BCUT2D eigenvalue weighted by Gasteiger charge is 2.50. The number of imide groups is 1. The smallest absolute Gasteiger partial charge is 0.410 e. The maximum atomic E-state index is 13.1. The maximum absolute atomic E-state index is 13.1. The molecule has 0 spiro atoms. The quantitative estimate of drug-likeness (QED) is 0.416. The van der Waals surface area contributed by atoms with E-state index in [9.17, 15) is 24.4 Å². The number of ether oxygens (including phenoxy) is 1. The minimum Gasteiger partial charge on any atom is -0.444 e. The first-order valence-electron chi connectivity index (χ1n) is 9.75. The highest BCUT2D eigenvalue weighted by atomic mass is 16.7. The van der Waals surface area contributed by atoms with Crippen molar-refractivity contribution >= 4 is 23.9 Å². The van der Waals surface area contributed by atoms with Gasteiger partial charge in [0, 0.05) is 13.1 Å². The number of carbonyl (C=O) groups excluding carboxylic acids is 4. The van der Waals surface area contributed by atoms with Crippen LogP contribution in [-0.4, -0.2) is 93.0 Å². The van der Waals surface area contributed by atoms with E-state index in [0.29, 0.717) is 42.4 Å². The number of nitrogens with zero attached hydrogens (tertiary/aromatic N) is 4. The number of likely N-dealkylation sites (tertiary alicyclic amines) is 1. The minimum absolute atomic E-state index is 0.213. The molecule has 3 aliphatic heterocycles. The third-order valence-corrected chi connectivity index (χ3v) is 5.38. The molecule has 0 radical (unpaired) electrons. The summed E-state index contributed by atoms with van der Waals surface area (Å²) < 4.78 is 5.36. The second kappa shape index (κ2) is 7.79. The van der Waals surface area contributed by atoms with E-state index < -0.39 is 41.6 Å². The van der Waals surface area contributed by atoms with Gasteiger partial charge in [-0.15, -0.1) is 0 Å². The molecule has 0 aromatic rings. The summed E-state index contributed by atoms with van der Waals surface area (Å²) in [5.74, 6) is -1.36. The normalized spacial score (nSPS) is 26.7. The first kappa shape index (κ1) is 21.3. The van der Waals surface area contributed by atoms with Crippen molar-refractivity contribution in [2.24, 2.45) is 0 Å². The molecule has 0 aromatic heterocycles. The van der Waals surface area contributed by atoms with Crippen LogP contribution in [0.15, 0.2) is 0 Å². The van der Waals surface area contributed by atoms with E-state index in [1.807, 2.05) is 0 Å². The number of piperidine rings is 1. The van der Waals surface area contributed by atoms with Gasteiger partial charge in [0.15, 0.2) is 0 Å². The van der Waals surface area contributed by atoms with Gasteiger partial charge in [-0.1, -0.05) is 0 Å². The second-order valence-electron chi connectivity index (χ2n) is 8.51. The second-order valence-corrected chi connectivity index (χ2v) is 8.51. The summed E-state index contributed by atoms with van der Waals surface area (Å²) in [5, 5.41) is 11.1. The van der Waals surface area contributed by atoms with Crippen molar-refractivity contribution in [3.63, 3.8) is 0 Å². The van der Waals surface area contributed by atoms with Gasteiger partial charge >= 0.3 is 12.1 Å². The van der Waals surface area contributed by atoms with Crippen LogP contribution in [0.2, 0.25) is 0 Å². The first-order valence-corrected chi connectivity index (χ1v) is 9.75. The Balaban J connectivity index is 1.73. The molecule has 0 aromatic carbocycles. The number of amides is 5. The van der Waals surface area contributed by atoms with Crippen LogP contribution in [0.3, 0.4) is 0 Å². The van der Waals surface area contributed by atoms with Gasteiger partial charge in [-0.3, -0.25) is 24.5 Å². The standard InChI is InChI=1S/C18H28N4O7/c1-18(2,3)29-17(26)19-9-5-6-12(19)14(23)22(28-4)15(24)13-8-7-11-10-20(13)16(25)21(11)27/h11-13,27H,5-10H2,1-4H3/t11?,12-,13?/m0/s1. The SMILES string of the molecule is CON(C(=O)C1CCC2CN1C(=O)N2O)C(=O)[C@@H]1CCCN1C(=O)OC(C)(C)C. The predicted octanol–water partition coefficient (Wildman–Crippen LogP) is 0.960. The van der Waals surface area contributed by atoms with Gasteiger partial charge in [0.1, 0.15) is 17.7 Å². The lowest BCUT2D eigenvalue weighted by Crippen LogP contribution is -2.56. The van der Waals surface area contributed by atoms with Crippen molar-refractivity contribution in [2.75, 3.05) is 20.2 Å². The lowest BCUT2D eigenvalue weighted by atomic mass is 10.00. The number of hydrogen-bond donors (Lipinski definition) is 1. The Morgan fingerprint density at radius 3 is 2.38 bits per heavy atom. The topological polar surface area (TPSA) is 120 Å². The fourth-order valence-corrected chi connectivity index (χ4v) is 4.03. The molecule has 3 heterocycles. The zero-order valence-electron chi connectivity index (χ0n) is 17.2. The average Bonchev–Trinajstić information content (AvgIpc) is 3.22. The van der Waals surface area contributed by atoms with Crippen molar-refractivity contribution in [1.29, 1.82) is 0 Å². The largest absolute Gasteiger partial charge is 0.444 e. The fraction of sp³-hybridized carbons (Fsp3) is 0.778. The van der Waals surface area contributed by atoms with Crippen LogP contribution in [0.5, 0.6) is 0 Å². The first-order chi connectivity index (χ1) is 13.5. The fourth-order valence-electron chi connectivity index (χ4n) is 4.03. The average molecular weight is 412 g/mol. The molecule has 3 aliphatic rings. The van der Waals surface area contributed by atoms with Gasteiger partial charge in [0.25, 0.3) is 11.8 Å². The Bertz CT molecular complexity index is 707. The molecule has 3 saturated heterocycles. The number of carbonyl (C=O) groups is 4. The molecule has 3 fully saturated rings. The number of urea groups is 1. The summed E-state index contributed by atoms with van der Waals surface area (Å²) in [6, 6.07) is -2.80. The third kappa shape index (κ3) is 4.01. The number of rotatable bonds is 3. The Morgan fingerprint density at radius 2 is 1.76 bits per heavy atom. The lowest BCUT2D eigenvalue weighted by Gasteiger charge is -2.34. The van der Waals surface area contributed by atoms with E-state index in [0.717, 1.165) is 0 Å². The van der Waals surface area contributed by atoms with Crippen LogP contribution in [-0.2, 0) is 19.2 Å². The molecule has 11 nitrogen and oxygen atoms in total. The van der Waals surface area contributed by atoms with E-state index in [1.54, 1.807) is 20.8 Å². The monoisotopic (exact) mass is 412 g/mol. The highest BCUT2D eigenvalue weighted by Crippen LogP contribution is 2.30. The van der Waals surface area contributed by atoms with E-state index in [-0.39, 0.29) is 12.6 Å². The summed E-state index contributed by atoms with van der Waals surface area (Å²) in [4.78, 5) is 58.3. The molecule has 11 heteroatoms. The van der Waals surface area contributed by atoms with Gasteiger partial charge in [0.2, 0.25) is 0 Å². The van der Waals surface area contributed by atoms with Crippen molar-refractivity contribution in [1.82, 2.24) is 19.9 Å². The van der Waals surface area contributed by atoms with Gasteiger partial charge in [0.05, 0.1) is 13.2 Å². The molecule has 2 unspecified atom stereocenters. The van der Waals surface area contributed by atoms with Gasteiger partial charge in [-0.05, 0) is 46.5 Å². The molecular weight excluding hydrogens is 384 g/mol. The summed E-state index contributed by atoms with van der Waals surface area (Å²) >= 11 is 0.